The third-order valence-electron chi connectivity index (χ3n) is 8.44. The van der Waals surface area contributed by atoms with Gasteiger partial charge in [-0.1, -0.05) is 74.6 Å². The molecule has 0 aromatic heterocycles. The van der Waals surface area contributed by atoms with Gasteiger partial charge in [-0.25, -0.2) is 4.79 Å². The van der Waals surface area contributed by atoms with Gasteiger partial charge in [-0.2, -0.15) is 11.8 Å². The van der Waals surface area contributed by atoms with Crippen LogP contribution in [0.2, 0.25) is 0 Å². The van der Waals surface area contributed by atoms with Crippen LogP contribution in [0, 0.1) is 19.8 Å². The van der Waals surface area contributed by atoms with E-state index in [1.54, 1.807) is 11.8 Å². The molecule has 3 aromatic rings. The molecule has 1 amide bonds. The third kappa shape index (κ3) is 8.64. The summed E-state index contributed by atoms with van der Waals surface area (Å²) < 4.78 is 4.99. The highest BCUT2D eigenvalue weighted by molar-refractivity contribution is 7.98. The summed E-state index contributed by atoms with van der Waals surface area (Å²) in [4.78, 5) is 28.6. The molecule has 0 saturated heterocycles. The van der Waals surface area contributed by atoms with Gasteiger partial charge in [0.1, 0.15) is 6.04 Å². The van der Waals surface area contributed by atoms with E-state index in [2.05, 4.69) is 72.6 Å². The lowest BCUT2D eigenvalue weighted by molar-refractivity contribution is -0.142. The van der Waals surface area contributed by atoms with Gasteiger partial charge in [0.15, 0.2) is 0 Å². The fourth-order valence-corrected chi connectivity index (χ4v) is 6.48. The molecule has 5 nitrogen and oxygen atoms in total. The van der Waals surface area contributed by atoms with E-state index in [1.165, 1.54) is 56.9 Å². The van der Waals surface area contributed by atoms with Crippen LogP contribution in [0.4, 0.5) is 5.69 Å². The van der Waals surface area contributed by atoms with Gasteiger partial charge in [0.05, 0.1) is 7.11 Å². The van der Waals surface area contributed by atoms with Crippen molar-refractivity contribution in [2.45, 2.75) is 71.4 Å². The van der Waals surface area contributed by atoms with E-state index in [4.69, 9.17) is 4.74 Å². The summed E-state index contributed by atoms with van der Waals surface area (Å²) in [6, 6.07) is 22.4. The molecule has 0 aliphatic heterocycles. The van der Waals surface area contributed by atoms with E-state index in [0.717, 1.165) is 47.0 Å². The predicted molar refractivity (Wildman–Crippen MR) is 176 cm³/mol. The molecule has 0 heterocycles. The lowest BCUT2D eigenvalue weighted by Gasteiger charge is -2.29. The highest BCUT2D eigenvalue weighted by Gasteiger charge is 2.24. The number of aryl methyl sites for hydroxylation is 2. The highest BCUT2D eigenvalue weighted by Crippen LogP contribution is 2.31. The van der Waals surface area contributed by atoms with Gasteiger partial charge in [-0.15, -0.1) is 0 Å². The minimum absolute atomic E-state index is 0.260. The van der Waals surface area contributed by atoms with Crippen LogP contribution in [0.1, 0.15) is 72.0 Å². The maximum absolute atomic E-state index is 13.7. The number of esters is 1. The van der Waals surface area contributed by atoms with Crippen LogP contribution >= 0.6 is 11.8 Å². The van der Waals surface area contributed by atoms with E-state index < -0.39 is 12.0 Å². The Kier molecular flexibility index (Phi) is 11.9. The van der Waals surface area contributed by atoms with Crippen molar-refractivity contribution in [1.82, 2.24) is 5.32 Å². The number of hydrogen-bond donors (Lipinski definition) is 1. The van der Waals surface area contributed by atoms with Crippen molar-refractivity contribution in [1.29, 1.82) is 0 Å². The molecule has 1 atom stereocenters. The lowest BCUT2D eigenvalue weighted by atomic mass is 9.87. The second-order valence-electron chi connectivity index (χ2n) is 11.6. The third-order valence-corrected chi connectivity index (χ3v) is 9.08. The summed E-state index contributed by atoms with van der Waals surface area (Å²) in [5.41, 5.74) is 7.21. The summed E-state index contributed by atoms with van der Waals surface area (Å²) in [6.45, 7) is 5.98. The monoisotopic (exact) mass is 586 g/mol. The van der Waals surface area contributed by atoms with Crippen LogP contribution in [-0.2, 0) is 16.1 Å². The Labute approximate surface area is 256 Å². The van der Waals surface area contributed by atoms with Gasteiger partial charge in [0.25, 0.3) is 5.91 Å². The number of hydrogen-bond acceptors (Lipinski definition) is 5. The number of carbonyl (C=O) groups excluding carboxylic acids is 2. The molecule has 1 saturated carbocycles. The fraction of sp³-hybridized carbons (Fsp3) is 0.444. The lowest BCUT2D eigenvalue weighted by Crippen LogP contribution is -2.42. The molecule has 1 unspecified atom stereocenters. The molecule has 3 aromatic carbocycles. The maximum atomic E-state index is 13.7. The Morgan fingerprint density at radius 1 is 0.976 bits per heavy atom. The SMILES string of the molecule is COC(=O)C(CCSC)NC(=O)c1ccc(CN(CCC2CCCCC2)c2cccc(C)c2)cc1-c1ccccc1C. The van der Waals surface area contributed by atoms with Crippen molar-refractivity contribution in [3.63, 3.8) is 0 Å². The zero-order valence-corrected chi connectivity index (χ0v) is 26.5. The Bertz CT molecular complexity index is 1330. The highest BCUT2D eigenvalue weighted by atomic mass is 32.2. The average Bonchev–Trinajstić information content (AvgIpc) is 3.01. The van der Waals surface area contributed by atoms with Gasteiger partial charge >= 0.3 is 5.97 Å². The van der Waals surface area contributed by atoms with Gasteiger partial charge < -0.3 is 15.0 Å². The van der Waals surface area contributed by atoms with Crippen LogP contribution in [0.3, 0.4) is 0 Å². The van der Waals surface area contributed by atoms with Crippen LogP contribution < -0.4 is 10.2 Å². The van der Waals surface area contributed by atoms with Crippen molar-refractivity contribution in [2.24, 2.45) is 5.92 Å². The van der Waals surface area contributed by atoms with Crippen LogP contribution in [0.25, 0.3) is 11.1 Å². The molecular formula is C36H46N2O3S. The standard InChI is InChI=1S/C36H46N2O3S/c1-26-11-10-15-30(23-26)38(21-19-28-13-6-5-7-14-28)25-29-17-18-32(33(24-29)31-16-9-8-12-27(31)2)35(39)37-34(20-22-42-4)36(40)41-3/h8-12,15-18,23-24,28,34H,5-7,13-14,19-22,25H2,1-4H3,(H,37,39). The minimum Gasteiger partial charge on any atom is -0.467 e. The van der Waals surface area contributed by atoms with Crippen molar-refractivity contribution in [3.05, 3.63) is 89.0 Å². The van der Waals surface area contributed by atoms with E-state index in [-0.39, 0.29) is 5.91 Å². The number of nitrogens with zero attached hydrogens (tertiary/aromatic N) is 1. The topological polar surface area (TPSA) is 58.6 Å². The van der Waals surface area contributed by atoms with Gasteiger partial charge in [0.2, 0.25) is 0 Å². The van der Waals surface area contributed by atoms with Crippen LogP contribution in [0.5, 0.6) is 0 Å². The fourth-order valence-electron chi connectivity index (χ4n) is 6.01. The van der Waals surface area contributed by atoms with E-state index in [9.17, 15) is 9.59 Å². The molecule has 224 valence electrons. The van der Waals surface area contributed by atoms with E-state index in [0.29, 0.717) is 12.0 Å². The summed E-state index contributed by atoms with van der Waals surface area (Å²) in [5.74, 6) is 0.870. The number of carbonyl (C=O) groups is 2. The molecule has 0 spiro atoms. The first-order valence-corrected chi connectivity index (χ1v) is 16.7. The number of amides is 1. The number of thioether (sulfide) groups is 1. The Morgan fingerprint density at radius 2 is 1.76 bits per heavy atom. The summed E-state index contributed by atoms with van der Waals surface area (Å²) in [5, 5.41) is 2.96. The second kappa shape index (κ2) is 15.8. The van der Waals surface area contributed by atoms with Crippen molar-refractivity contribution in [2.75, 3.05) is 30.6 Å². The maximum Gasteiger partial charge on any atom is 0.328 e. The number of nitrogens with one attached hydrogen (secondary N) is 1. The zero-order valence-electron chi connectivity index (χ0n) is 25.7. The smallest absolute Gasteiger partial charge is 0.328 e. The second-order valence-corrected chi connectivity index (χ2v) is 12.6. The van der Waals surface area contributed by atoms with Gasteiger partial charge in [0, 0.05) is 24.3 Å². The van der Waals surface area contributed by atoms with Crippen molar-refractivity contribution < 1.29 is 14.3 Å². The first kappa shape index (κ1) is 31.7. The predicted octanol–water partition coefficient (Wildman–Crippen LogP) is 7.97. The largest absolute Gasteiger partial charge is 0.467 e. The number of ether oxygens (including phenoxy) is 1. The quantitative estimate of drug-likeness (QED) is 0.206. The zero-order chi connectivity index (χ0) is 29.9. The average molecular weight is 587 g/mol. The summed E-state index contributed by atoms with van der Waals surface area (Å²) in [7, 11) is 1.36. The molecular weight excluding hydrogens is 540 g/mol. The molecule has 1 aliphatic carbocycles. The van der Waals surface area contributed by atoms with E-state index in [1.807, 2.05) is 24.5 Å². The molecule has 1 fully saturated rings. The Hall–Kier alpha value is -3.25. The Balaban J connectivity index is 1.65. The molecule has 42 heavy (non-hydrogen) atoms. The van der Waals surface area contributed by atoms with E-state index >= 15 is 0 Å². The number of anilines is 1. The molecule has 0 radical (unpaired) electrons. The van der Waals surface area contributed by atoms with Gasteiger partial charge in [-0.05, 0) is 96.7 Å². The number of benzene rings is 3. The molecule has 4 rings (SSSR count). The van der Waals surface area contributed by atoms with Crippen LogP contribution in [0.15, 0.2) is 66.7 Å². The molecule has 1 aliphatic rings. The minimum atomic E-state index is -0.684. The first-order chi connectivity index (χ1) is 20.4. The Morgan fingerprint density at radius 3 is 2.48 bits per heavy atom. The summed E-state index contributed by atoms with van der Waals surface area (Å²) in [6.07, 6.45) is 10.5. The van der Waals surface area contributed by atoms with Gasteiger partial charge in [-0.3, -0.25) is 4.79 Å². The summed E-state index contributed by atoms with van der Waals surface area (Å²) >= 11 is 1.64. The number of methoxy groups -OCH3 is 1. The van der Waals surface area contributed by atoms with Crippen LogP contribution in [-0.4, -0.2) is 43.6 Å². The molecule has 1 N–H and O–H groups in total. The number of rotatable bonds is 13. The first-order valence-electron chi connectivity index (χ1n) is 15.3. The van der Waals surface area contributed by atoms with Crippen molar-refractivity contribution in [3.8, 4) is 11.1 Å². The van der Waals surface area contributed by atoms with Crippen molar-refractivity contribution >= 4 is 29.3 Å². The molecule has 0 bridgehead atoms. The normalized spacial score (nSPS) is 14.3. The molecule has 6 heteroatoms.